The van der Waals surface area contributed by atoms with Gasteiger partial charge in [0.1, 0.15) is 9.36 Å². The van der Waals surface area contributed by atoms with E-state index < -0.39 is 26.7 Å². The zero-order valence-electron chi connectivity index (χ0n) is 13.7. The average Bonchev–Trinajstić information content (AvgIpc) is 3.26. The van der Waals surface area contributed by atoms with Crippen molar-refractivity contribution < 1.29 is 19.2 Å². The Morgan fingerprint density at radius 1 is 1.19 bits per heavy atom. The number of nitro groups is 1. The molecule has 0 spiro atoms. The van der Waals surface area contributed by atoms with Crippen molar-refractivity contribution in [1.29, 1.82) is 0 Å². The van der Waals surface area contributed by atoms with E-state index in [1.165, 1.54) is 24.3 Å². The van der Waals surface area contributed by atoms with Gasteiger partial charge in [-0.2, -0.15) is 0 Å². The van der Waals surface area contributed by atoms with E-state index in [9.17, 15) is 19.7 Å². The number of halogens is 3. The van der Waals surface area contributed by atoms with Crippen molar-refractivity contribution in [3.8, 4) is 0 Å². The molecule has 1 unspecified atom stereocenters. The molecule has 0 aromatic heterocycles. The van der Waals surface area contributed by atoms with Gasteiger partial charge in [-0.05, 0) is 24.6 Å². The largest absolute Gasteiger partial charge is 0.462 e. The second-order valence-corrected chi connectivity index (χ2v) is 8.01. The van der Waals surface area contributed by atoms with Crippen LogP contribution in [-0.2, 0) is 4.74 Å². The van der Waals surface area contributed by atoms with Crippen LogP contribution in [0.5, 0.6) is 0 Å². The lowest BCUT2D eigenvalue weighted by Crippen LogP contribution is -2.14. The summed E-state index contributed by atoms with van der Waals surface area (Å²) in [5, 5.41) is 10.9. The Labute approximate surface area is 169 Å². The summed E-state index contributed by atoms with van der Waals surface area (Å²) in [6, 6.07) is 9.76. The van der Waals surface area contributed by atoms with Gasteiger partial charge in [0.25, 0.3) is 5.69 Å². The molecular formula is C18H12Cl3NO5. The van der Waals surface area contributed by atoms with Crippen molar-refractivity contribution in [1.82, 2.24) is 0 Å². The smallest absolute Gasteiger partial charge is 0.338 e. The van der Waals surface area contributed by atoms with E-state index in [1.54, 1.807) is 12.1 Å². The Hall–Kier alpha value is -2.15. The number of rotatable bonds is 6. The van der Waals surface area contributed by atoms with E-state index in [2.05, 4.69) is 0 Å². The van der Waals surface area contributed by atoms with Crippen molar-refractivity contribution >= 4 is 52.2 Å². The number of carbonyl (C=O) groups is 2. The molecule has 1 fully saturated rings. The molecule has 9 heteroatoms. The molecule has 140 valence electrons. The van der Waals surface area contributed by atoms with Gasteiger partial charge in [-0.25, -0.2) is 4.79 Å². The number of nitro benzene ring substituents is 1. The van der Waals surface area contributed by atoms with Crippen LogP contribution in [0, 0.1) is 16.0 Å². The van der Waals surface area contributed by atoms with Gasteiger partial charge >= 0.3 is 5.97 Å². The molecule has 0 aliphatic heterocycles. The average molecular weight is 429 g/mol. The highest BCUT2D eigenvalue weighted by Gasteiger charge is 2.52. The van der Waals surface area contributed by atoms with Gasteiger partial charge in [0.2, 0.25) is 0 Å². The van der Waals surface area contributed by atoms with Crippen LogP contribution in [0.15, 0.2) is 42.5 Å². The molecule has 3 rings (SSSR count). The van der Waals surface area contributed by atoms with Crippen LogP contribution in [-0.4, -0.2) is 27.6 Å². The monoisotopic (exact) mass is 427 g/mol. The Morgan fingerprint density at radius 3 is 2.41 bits per heavy atom. The zero-order valence-corrected chi connectivity index (χ0v) is 15.9. The summed E-state index contributed by atoms with van der Waals surface area (Å²) in [7, 11) is 0. The minimum atomic E-state index is -0.877. The van der Waals surface area contributed by atoms with Gasteiger partial charge in [0.15, 0.2) is 5.78 Å². The van der Waals surface area contributed by atoms with Crippen LogP contribution >= 0.6 is 34.8 Å². The number of ketones is 1. The highest BCUT2D eigenvalue weighted by Crippen LogP contribution is 2.53. The second-order valence-electron chi connectivity index (χ2n) is 6.06. The highest BCUT2D eigenvalue weighted by atomic mass is 35.5. The number of nitrogens with zero attached hydrogens (tertiary/aromatic N) is 1. The predicted octanol–water partition coefficient (Wildman–Crippen LogP) is 4.83. The molecule has 1 aliphatic carbocycles. The topological polar surface area (TPSA) is 86.5 Å². The van der Waals surface area contributed by atoms with Gasteiger partial charge in [-0.3, -0.25) is 14.9 Å². The summed E-state index contributed by atoms with van der Waals surface area (Å²) in [6.07, 6.45) is 0.526. The Bertz CT molecular complexity index is 944. The summed E-state index contributed by atoms with van der Waals surface area (Å²) < 4.78 is 4.33. The van der Waals surface area contributed by atoms with Crippen LogP contribution in [0.25, 0.3) is 0 Å². The van der Waals surface area contributed by atoms with Crippen LogP contribution in [0.2, 0.25) is 5.02 Å². The normalized spacial score (nSPS) is 17.2. The third kappa shape index (κ3) is 4.24. The maximum absolute atomic E-state index is 12.8. The molecule has 1 aliphatic rings. The first-order valence-electron chi connectivity index (χ1n) is 7.83. The molecule has 0 amide bonds. The zero-order chi connectivity index (χ0) is 19.8. The molecule has 0 heterocycles. The summed E-state index contributed by atoms with van der Waals surface area (Å²) >= 11 is 17.6. The Morgan fingerprint density at radius 2 is 1.81 bits per heavy atom. The number of alkyl halides is 2. The molecule has 0 bridgehead atoms. The van der Waals surface area contributed by atoms with Crippen molar-refractivity contribution in [2.75, 3.05) is 6.61 Å². The van der Waals surface area contributed by atoms with Crippen molar-refractivity contribution in [2.45, 2.75) is 10.8 Å². The molecule has 2 aromatic rings. The molecular weight excluding hydrogens is 417 g/mol. The van der Waals surface area contributed by atoms with Crippen molar-refractivity contribution in [3.05, 3.63) is 74.3 Å². The second kappa shape index (κ2) is 7.46. The summed E-state index contributed by atoms with van der Waals surface area (Å²) in [5.41, 5.74) is -0.237. The number of esters is 1. The molecule has 0 N–H and O–H groups in total. The molecule has 1 atom stereocenters. The molecule has 6 nitrogen and oxygen atoms in total. The minimum Gasteiger partial charge on any atom is -0.462 e. The SMILES string of the molecule is O=C(OCC1CC1(Cl)Cl)c1ccccc1C(=O)c1ccc(Cl)c([N+](=O)[O-])c1. The molecule has 1 saturated carbocycles. The summed E-state index contributed by atoms with van der Waals surface area (Å²) in [6.45, 7) is 0.0424. The van der Waals surface area contributed by atoms with Crippen molar-refractivity contribution in [2.24, 2.45) is 5.92 Å². The minimum absolute atomic E-state index is 0.0362. The van der Waals surface area contributed by atoms with Gasteiger partial charge in [0, 0.05) is 23.1 Å². The highest BCUT2D eigenvalue weighted by molar-refractivity contribution is 6.50. The first kappa shape index (κ1) is 19.6. The number of carbonyl (C=O) groups excluding carboxylic acids is 2. The van der Waals surface area contributed by atoms with E-state index in [0.717, 1.165) is 6.07 Å². The first-order valence-corrected chi connectivity index (χ1v) is 8.96. The predicted molar refractivity (Wildman–Crippen MR) is 101 cm³/mol. The lowest BCUT2D eigenvalue weighted by atomic mass is 9.98. The lowest BCUT2D eigenvalue weighted by molar-refractivity contribution is -0.384. The fourth-order valence-electron chi connectivity index (χ4n) is 2.51. The third-order valence-corrected chi connectivity index (χ3v) is 5.41. The van der Waals surface area contributed by atoms with Gasteiger partial charge in [-0.15, -0.1) is 23.2 Å². The Kier molecular flexibility index (Phi) is 5.42. The number of hydrogen-bond donors (Lipinski definition) is 0. The first-order chi connectivity index (χ1) is 12.7. The van der Waals surface area contributed by atoms with Gasteiger partial charge in [-0.1, -0.05) is 29.8 Å². The van der Waals surface area contributed by atoms with Crippen molar-refractivity contribution in [3.63, 3.8) is 0 Å². The Balaban J connectivity index is 1.85. The summed E-state index contributed by atoms with van der Waals surface area (Å²) in [4.78, 5) is 35.5. The van der Waals surface area contributed by atoms with Crippen LogP contribution in [0.4, 0.5) is 5.69 Å². The number of ether oxygens (including phenoxy) is 1. The van der Waals surface area contributed by atoms with Crippen LogP contribution < -0.4 is 0 Å². The number of hydrogen-bond acceptors (Lipinski definition) is 5. The fourth-order valence-corrected chi connectivity index (χ4v) is 3.20. The molecule has 2 aromatic carbocycles. The van der Waals surface area contributed by atoms with Crippen LogP contribution in [0.3, 0.4) is 0 Å². The van der Waals surface area contributed by atoms with E-state index in [4.69, 9.17) is 39.5 Å². The van der Waals surface area contributed by atoms with E-state index in [1.807, 2.05) is 0 Å². The standard InChI is InChI=1S/C18H12Cl3NO5/c19-14-6-5-10(7-15(14)22(25)26)16(23)12-3-1-2-4-13(12)17(24)27-9-11-8-18(11,20)21/h1-7,11H,8-9H2. The van der Waals surface area contributed by atoms with Gasteiger partial charge in [0.05, 0.1) is 17.1 Å². The quantitative estimate of drug-likeness (QED) is 0.216. The summed E-state index contributed by atoms with van der Waals surface area (Å²) in [5.74, 6) is -1.40. The van der Waals surface area contributed by atoms with E-state index in [-0.39, 0.29) is 34.2 Å². The van der Waals surface area contributed by atoms with Crippen LogP contribution in [0.1, 0.15) is 32.7 Å². The van der Waals surface area contributed by atoms with Gasteiger partial charge < -0.3 is 4.74 Å². The van der Waals surface area contributed by atoms with E-state index >= 15 is 0 Å². The molecule has 27 heavy (non-hydrogen) atoms. The fraction of sp³-hybridized carbons (Fsp3) is 0.222. The maximum atomic E-state index is 12.8. The lowest BCUT2D eigenvalue weighted by Gasteiger charge is -2.09. The maximum Gasteiger partial charge on any atom is 0.338 e. The third-order valence-electron chi connectivity index (χ3n) is 4.17. The number of benzene rings is 2. The molecule has 0 radical (unpaired) electrons. The molecule has 0 saturated heterocycles. The van der Waals surface area contributed by atoms with E-state index in [0.29, 0.717) is 6.42 Å².